The van der Waals surface area contributed by atoms with Crippen LogP contribution >= 0.6 is 0 Å². The Morgan fingerprint density at radius 2 is 0.471 bits per heavy atom. The third-order valence-electron chi connectivity index (χ3n) is 15.4. The summed E-state index contributed by atoms with van der Waals surface area (Å²) < 4.78 is 0. The van der Waals surface area contributed by atoms with Gasteiger partial charge in [-0.15, -0.1) is 0 Å². The van der Waals surface area contributed by atoms with Crippen molar-refractivity contribution in [3.8, 4) is 0 Å². The lowest BCUT2D eigenvalue weighted by molar-refractivity contribution is -0.132. The highest BCUT2D eigenvalue weighted by molar-refractivity contribution is 5.79. The van der Waals surface area contributed by atoms with Gasteiger partial charge in [-0.2, -0.15) is 0 Å². The number of hydrogen-bond donors (Lipinski definition) is 1. The second-order valence-corrected chi connectivity index (χ2v) is 22.6. The molecule has 0 spiro atoms. The van der Waals surface area contributed by atoms with Crippen molar-refractivity contribution in [2.75, 3.05) is 26.2 Å². The fourth-order valence-corrected chi connectivity index (χ4v) is 10.5. The van der Waals surface area contributed by atoms with E-state index in [-0.39, 0.29) is 0 Å². The minimum absolute atomic E-state index is 0.302. The minimum Gasteiger partial charge on any atom is -0.343 e. The van der Waals surface area contributed by atoms with Crippen molar-refractivity contribution in [1.29, 1.82) is 0 Å². The summed E-state index contributed by atoms with van der Waals surface area (Å²) in [4.78, 5) is 40.9. The number of nitrogens with one attached hydrogen (secondary N) is 1. The van der Waals surface area contributed by atoms with Crippen LogP contribution in [-0.4, -0.2) is 48.6 Å². The average molecular weight is 986 g/mol. The van der Waals surface area contributed by atoms with Gasteiger partial charge in [0.25, 0.3) is 0 Å². The number of rotatable bonds is 62. The lowest BCUT2D eigenvalue weighted by Gasteiger charge is -2.23. The van der Waals surface area contributed by atoms with E-state index in [1.165, 1.54) is 263 Å². The van der Waals surface area contributed by atoms with E-state index in [0.29, 0.717) is 43.2 Å². The lowest BCUT2D eigenvalue weighted by Crippen LogP contribution is -2.33. The van der Waals surface area contributed by atoms with Crippen LogP contribution in [-0.2, 0) is 14.4 Å². The quantitative estimate of drug-likeness (QED) is 0.0617. The minimum atomic E-state index is 0.302. The number of nitrogens with zero attached hydrogens (tertiary/aromatic N) is 1. The molecule has 0 rings (SSSR count). The van der Waals surface area contributed by atoms with Crippen molar-refractivity contribution < 1.29 is 14.4 Å². The first-order valence-corrected chi connectivity index (χ1v) is 32.6. The third kappa shape index (κ3) is 56.1. The molecule has 0 aromatic rings. The molecule has 0 fully saturated rings. The average Bonchev–Trinajstić information content (AvgIpc) is 3.36. The molecule has 0 aliphatic carbocycles. The van der Waals surface area contributed by atoms with Gasteiger partial charge in [0.05, 0.1) is 0 Å². The van der Waals surface area contributed by atoms with Gasteiger partial charge >= 0.3 is 0 Å². The van der Waals surface area contributed by atoms with Crippen molar-refractivity contribution in [2.24, 2.45) is 0 Å². The molecule has 1 N–H and O–H groups in total. The Balaban J connectivity index is 4.20. The molecule has 0 saturated heterocycles. The van der Waals surface area contributed by atoms with Crippen LogP contribution in [0.2, 0.25) is 0 Å². The van der Waals surface area contributed by atoms with Crippen molar-refractivity contribution in [3.63, 3.8) is 0 Å². The van der Waals surface area contributed by atoms with Gasteiger partial charge in [-0.1, -0.05) is 297 Å². The molecule has 0 atom stereocenters. The van der Waals surface area contributed by atoms with Crippen molar-refractivity contribution in [1.82, 2.24) is 10.2 Å². The van der Waals surface area contributed by atoms with Crippen LogP contribution in [0.1, 0.15) is 374 Å². The Hall–Kier alpha value is -1.23. The zero-order valence-corrected chi connectivity index (χ0v) is 48.4. The highest BCUT2D eigenvalue weighted by Gasteiger charge is 2.14. The molecule has 0 unspecified atom stereocenters. The van der Waals surface area contributed by atoms with Crippen LogP contribution in [0.4, 0.5) is 0 Å². The highest BCUT2D eigenvalue weighted by Crippen LogP contribution is 2.18. The Bertz CT molecular complexity index is 1050. The topological polar surface area (TPSA) is 66.5 Å². The number of unbranched alkanes of at least 4 members (excludes halogenated alkanes) is 44. The predicted octanol–water partition coefficient (Wildman–Crippen LogP) is 21.1. The molecular formula is C65H128N2O3. The van der Waals surface area contributed by atoms with Crippen LogP contribution in [0, 0.1) is 0 Å². The molecule has 416 valence electrons. The summed E-state index contributed by atoms with van der Waals surface area (Å²) in [7, 11) is 0. The van der Waals surface area contributed by atoms with Crippen LogP contribution in [0.5, 0.6) is 0 Å². The summed E-state index contributed by atoms with van der Waals surface area (Å²) in [6.45, 7) is 10.3. The second kappa shape index (κ2) is 60.3. The molecule has 0 heterocycles. The molecule has 5 nitrogen and oxygen atoms in total. The van der Waals surface area contributed by atoms with Gasteiger partial charge in [0.1, 0.15) is 11.6 Å². The van der Waals surface area contributed by atoms with Crippen LogP contribution in [0.15, 0.2) is 0 Å². The SMILES string of the molecule is CCCCCCCCCCCCCCCCCC(=O)CCCNCCCCCN(CCCC(=O)CCCCCCCCCCCCCCCCC)C(=O)CCCCCCCCCCCCCCCCC. The third-order valence-corrected chi connectivity index (χ3v) is 15.4. The van der Waals surface area contributed by atoms with Crippen molar-refractivity contribution >= 4 is 17.5 Å². The van der Waals surface area contributed by atoms with E-state index in [2.05, 4.69) is 31.0 Å². The van der Waals surface area contributed by atoms with E-state index >= 15 is 0 Å². The molecule has 5 heteroatoms. The van der Waals surface area contributed by atoms with Crippen LogP contribution in [0.3, 0.4) is 0 Å². The van der Waals surface area contributed by atoms with E-state index in [1.54, 1.807) is 0 Å². The highest BCUT2D eigenvalue weighted by atomic mass is 16.2. The molecule has 1 amide bonds. The molecule has 0 aliphatic heterocycles. The monoisotopic (exact) mass is 985 g/mol. The van der Waals surface area contributed by atoms with Gasteiger partial charge in [0.2, 0.25) is 5.91 Å². The van der Waals surface area contributed by atoms with Crippen molar-refractivity contribution in [3.05, 3.63) is 0 Å². The summed E-state index contributed by atoms with van der Waals surface area (Å²) in [5.41, 5.74) is 0. The van der Waals surface area contributed by atoms with Crippen LogP contribution in [0.25, 0.3) is 0 Å². The van der Waals surface area contributed by atoms with Gasteiger partial charge in [0, 0.05) is 45.2 Å². The number of ketones is 2. The molecule has 0 aliphatic rings. The van der Waals surface area contributed by atoms with E-state index in [4.69, 9.17) is 0 Å². The van der Waals surface area contributed by atoms with E-state index < -0.39 is 0 Å². The fraction of sp³-hybridized carbons (Fsp3) is 0.954. The Morgan fingerprint density at radius 1 is 0.243 bits per heavy atom. The van der Waals surface area contributed by atoms with Gasteiger partial charge in [-0.25, -0.2) is 0 Å². The number of carbonyl (C=O) groups excluding carboxylic acids is 3. The maximum Gasteiger partial charge on any atom is 0.222 e. The smallest absolute Gasteiger partial charge is 0.222 e. The Labute approximate surface area is 440 Å². The number of amides is 1. The zero-order valence-electron chi connectivity index (χ0n) is 48.4. The summed E-state index contributed by atoms with van der Waals surface area (Å²) in [5.74, 6) is 1.14. The van der Waals surface area contributed by atoms with Gasteiger partial charge < -0.3 is 10.2 Å². The lowest BCUT2D eigenvalue weighted by atomic mass is 10.0. The fourth-order valence-electron chi connectivity index (χ4n) is 10.5. The largest absolute Gasteiger partial charge is 0.343 e. The summed E-state index contributed by atoms with van der Waals surface area (Å²) in [6.07, 6.45) is 69.1. The number of carbonyl (C=O) groups is 3. The maximum atomic E-state index is 13.5. The molecular weight excluding hydrogens is 857 g/mol. The molecule has 0 radical (unpaired) electrons. The molecule has 0 aromatic heterocycles. The molecule has 70 heavy (non-hydrogen) atoms. The van der Waals surface area contributed by atoms with E-state index in [1.807, 2.05) is 0 Å². The predicted molar refractivity (Wildman–Crippen MR) is 310 cm³/mol. The zero-order chi connectivity index (χ0) is 50.7. The number of Topliss-reactive ketones (excluding diaryl/α,β-unsaturated/α-hetero) is 2. The Kier molecular flexibility index (Phi) is 59.3. The van der Waals surface area contributed by atoms with E-state index in [9.17, 15) is 14.4 Å². The van der Waals surface area contributed by atoms with Gasteiger partial charge in [-0.3, -0.25) is 14.4 Å². The summed E-state index contributed by atoms with van der Waals surface area (Å²) >= 11 is 0. The Morgan fingerprint density at radius 3 is 0.800 bits per heavy atom. The van der Waals surface area contributed by atoms with E-state index in [0.717, 1.165) is 90.4 Å². The standard InChI is InChI=1S/C65H128N2O3/c1-4-7-10-13-16-19-22-25-28-31-34-37-40-43-47-54-63(68)56-52-60-66-59-50-46-51-61-67(65(70)58-49-45-42-39-36-33-30-27-24-21-18-15-12-9-6-3)62-53-57-64(69)55-48-44-41-38-35-32-29-26-23-20-17-14-11-8-5-2/h66H,4-62H2,1-3H3. The van der Waals surface area contributed by atoms with Gasteiger partial charge in [0.15, 0.2) is 0 Å². The number of hydrogen-bond acceptors (Lipinski definition) is 4. The van der Waals surface area contributed by atoms with Crippen LogP contribution < -0.4 is 5.32 Å². The van der Waals surface area contributed by atoms with Gasteiger partial charge in [-0.05, 0) is 58.0 Å². The van der Waals surface area contributed by atoms with Crippen molar-refractivity contribution in [2.45, 2.75) is 374 Å². The maximum absolute atomic E-state index is 13.5. The normalized spacial score (nSPS) is 11.5. The first-order chi connectivity index (χ1) is 34.5. The summed E-state index contributed by atoms with van der Waals surface area (Å²) in [5, 5.41) is 3.57. The first-order valence-electron chi connectivity index (χ1n) is 32.6. The molecule has 0 saturated carbocycles. The second-order valence-electron chi connectivity index (χ2n) is 22.6. The first kappa shape index (κ1) is 68.8. The summed E-state index contributed by atoms with van der Waals surface area (Å²) in [6, 6.07) is 0. The molecule has 0 aromatic carbocycles. The molecule has 0 bridgehead atoms.